The van der Waals surface area contributed by atoms with Gasteiger partial charge in [0.05, 0.1) is 6.04 Å². The first kappa shape index (κ1) is 11.5. The van der Waals surface area contributed by atoms with Crippen molar-refractivity contribution < 1.29 is 5.11 Å². The topological polar surface area (TPSA) is 68.3 Å². The van der Waals surface area contributed by atoms with Gasteiger partial charge in [-0.25, -0.2) is 4.98 Å². The molecule has 0 bridgehead atoms. The number of aromatic nitrogens is 3. The second-order valence-corrected chi connectivity index (χ2v) is 4.41. The molecule has 0 spiro atoms. The van der Waals surface area contributed by atoms with Crippen LogP contribution in [0.2, 0.25) is 0 Å². The summed E-state index contributed by atoms with van der Waals surface area (Å²) in [5.41, 5.74) is 0. The van der Waals surface area contributed by atoms with E-state index in [0.29, 0.717) is 5.82 Å². The fourth-order valence-electron chi connectivity index (χ4n) is 2.08. The molecule has 1 aliphatic heterocycles. The summed E-state index contributed by atoms with van der Waals surface area (Å²) in [6.07, 6.45) is 1.17. The summed E-state index contributed by atoms with van der Waals surface area (Å²) >= 11 is 0. The third-order valence-electron chi connectivity index (χ3n) is 3.06. The first-order chi connectivity index (χ1) is 7.70. The second-order valence-electron chi connectivity index (χ2n) is 4.41. The minimum absolute atomic E-state index is 0.0841. The summed E-state index contributed by atoms with van der Waals surface area (Å²) in [6, 6.07) is 0.212. The molecule has 2 N–H and O–H groups in total. The number of aliphatic hydroxyl groups is 1. The lowest BCUT2D eigenvalue weighted by Crippen LogP contribution is -2.31. The standard InChI is InChI=1S/C10H19N5O/c1-14-4-3-5-15(2)8(6-14)10-11-9(7-16)12-13-10/h8,16H,3-7H2,1-2H3,(H,11,12,13). The minimum Gasteiger partial charge on any atom is -0.388 e. The van der Waals surface area contributed by atoms with Gasteiger partial charge < -0.3 is 10.0 Å². The molecule has 1 unspecified atom stereocenters. The Morgan fingerprint density at radius 1 is 1.44 bits per heavy atom. The largest absolute Gasteiger partial charge is 0.388 e. The van der Waals surface area contributed by atoms with E-state index in [9.17, 15) is 0 Å². The Labute approximate surface area is 95.3 Å². The highest BCUT2D eigenvalue weighted by Gasteiger charge is 2.25. The normalized spacial score (nSPS) is 24.6. The lowest BCUT2D eigenvalue weighted by Gasteiger charge is -2.24. The van der Waals surface area contributed by atoms with Gasteiger partial charge >= 0.3 is 0 Å². The van der Waals surface area contributed by atoms with Gasteiger partial charge in [0.15, 0.2) is 5.82 Å². The fourth-order valence-corrected chi connectivity index (χ4v) is 2.08. The zero-order valence-electron chi connectivity index (χ0n) is 9.85. The average molecular weight is 225 g/mol. The number of aromatic amines is 1. The molecule has 1 aromatic heterocycles. The van der Waals surface area contributed by atoms with E-state index in [0.717, 1.165) is 25.5 Å². The molecule has 2 rings (SSSR count). The third kappa shape index (κ3) is 2.40. The summed E-state index contributed by atoms with van der Waals surface area (Å²) < 4.78 is 0. The third-order valence-corrected chi connectivity index (χ3v) is 3.06. The van der Waals surface area contributed by atoms with E-state index in [-0.39, 0.29) is 12.6 Å². The molecule has 1 saturated heterocycles. The van der Waals surface area contributed by atoms with Crippen LogP contribution in [0.5, 0.6) is 0 Å². The molecule has 1 atom stereocenters. The Morgan fingerprint density at radius 2 is 2.25 bits per heavy atom. The zero-order chi connectivity index (χ0) is 11.5. The van der Waals surface area contributed by atoms with Crippen LogP contribution >= 0.6 is 0 Å². The molecule has 1 aromatic rings. The van der Waals surface area contributed by atoms with Gasteiger partial charge in [0.25, 0.3) is 0 Å². The number of hydrogen-bond acceptors (Lipinski definition) is 5. The van der Waals surface area contributed by atoms with E-state index >= 15 is 0 Å². The molecule has 2 heterocycles. The molecular formula is C10H19N5O. The average Bonchev–Trinajstić information content (AvgIpc) is 2.67. The van der Waals surface area contributed by atoms with Crippen LogP contribution in [-0.4, -0.2) is 63.8 Å². The van der Waals surface area contributed by atoms with Gasteiger partial charge in [0.1, 0.15) is 12.4 Å². The fraction of sp³-hybridized carbons (Fsp3) is 0.800. The SMILES string of the molecule is CN1CCCN(C)C(c2n[nH]c(CO)n2)C1. The molecule has 1 aliphatic rings. The molecule has 0 aromatic carbocycles. The van der Waals surface area contributed by atoms with Gasteiger partial charge in [0, 0.05) is 6.54 Å². The van der Waals surface area contributed by atoms with Gasteiger partial charge in [-0.05, 0) is 33.6 Å². The van der Waals surface area contributed by atoms with E-state index in [1.54, 1.807) is 0 Å². The van der Waals surface area contributed by atoms with Crippen LogP contribution in [0.1, 0.15) is 24.1 Å². The highest BCUT2D eigenvalue weighted by atomic mass is 16.3. The number of likely N-dealkylation sites (N-methyl/N-ethyl adjacent to an activating group) is 2. The maximum atomic E-state index is 8.96. The Morgan fingerprint density at radius 3 is 2.94 bits per heavy atom. The predicted octanol–water partition coefficient (Wildman–Crippen LogP) is -0.395. The van der Waals surface area contributed by atoms with Crippen molar-refractivity contribution in [2.45, 2.75) is 19.1 Å². The molecule has 90 valence electrons. The Balaban J connectivity index is 2.15. The van der Waals surface area contributed by atoms with E-state index in [2.05, 4.69) is 39.1 Å². The van der Waals surface area contributed by atoms with Crippen molar-refractivity contribution in [2.24, 2.45) is 0 Å². The number of rotatable bonds is 2. The van der Waals surface area contributed by atoms with E-state index in [1.807, 2.05) is 0 Å². The minimum atomic E-state index is -0.0841. The van der Waals surface area contributed by atoms with Gasteiger partial charge in [-0.1, -0.05) is 0 Å². The summed E-state index contributed by atoms with van der Waals surface area (Å²) in [6.45, 7) is 3.01. The van der Waals surface area contributed by atoms with Crippen LogP contribution in [0, 0.1) is 0 Å². The van der Waals surface area contributed by atoms with Crippen molar-refractivity contribution in [3.63, 3.8) is 0 Å². The van der Waals surface area contributed by atoms with Crippen molar-refractivity contribution in [1.29, 1.82) is 0 Å². The van der Waals surface area contributed by atoms with Crippen molar-refractivity contribution >= 4 is 0 Å². The van der Waals surface area contributed by atoms with Gasteiger partial charge in [-0.15, -0.1) is 0 Å². The van der Waals surface area contributed by atoms with Crippen molar-refractivity contribution in [3.05, 3.63) is 11.6 Å². The van der Waals surface area contributed by atoms with E-state index in [1.165, 1.54) is 6.42 Å². The number of H-pyrrole nitrogens is 1. The van der Waals surface area contributed by atoms with Crippen LogP contribution in [-0.2, 0) is 6.61 Å². The summed E-state index contributed by atoms with van der Waals surface area (Å²) in [7, 11) is 4.21. The van der Waals surface area contributed by atoms with Crippen LogP contribution in [0.4, 0.5) is 0 Å². The second kappa shape index (κ2) is 4.90. The van der Waals surface area contributed by atoms with Gasteiger partial charge in [-0.2, -0.15) is 5.10 Å². The molecule has 0 saturated carbocycles. The van der Waals surface area contributed by atoms with Crippen molar-refractivity contribution in [2.75, 3.05) is 33.7 Å². The van der Waals surface area contributed by atoms with Crippen molar-refractivity contribution in [1.82, 2.24) is 25.0 Å². The number of aliphatic hydroxyl groups excluding tert-OH is 1. The van der Waals surface area contributed by atoms with Gasteiger partial charge in [-0.3, -0.25) is 10.00 Å². The van der Waals surface area contributed by atoms with Crippen LogP contribution in [0.15, 0.2) is 0 Å². The predicted molar refractivity (Wildman–Crippen MR) is 59.8 cm³/mol. The molecule has 0 aliphatic carbocycles. The molecule has 0 radical (unpaired) electrons. The first-order valence-corrected chi connectivity index (χ1v) is 5.61. The number of nitrogens with one attached hydrogen (secondary N) is 1. The lowest BCUT2D eigenvalue weighted by atomic mass is 10.2. The molecule has 6 nitrogen and oxygen atoms in total. The highest BCUT2D eigenvalue weighted by Crippen LogP contribution is 2.19. The Hall–Kier alpha value is -0.980. The number of nitrogens with zero attached hydrogens (tertiary/aromatic N) is 4. The van der Waals surface area contributed by atoms with Crippen LogP contribution in [0.25, 0.3) is 0 Å². The zero-order valence-corrected chi connectivity index (χ0v) is 9.85. The summed E-state index contributed by atoms with van der Waals surface area (Å²) in [5, 5.41) is 15.9. The molecule has 1 fully saturated rings. The number of hydrogen-bond donors (Lipinski definition) is 2. The van der Waals surface area contributed by atoms with Crippen LogP contribution < -0.4 is 0 Å². The molecule has 0 amide bonds. The Kier molecular flexibility index (Phi) is 3.52. The summed E-state index contributed by atoms with van der Waals surface area (Å²) in [4.78, 5) is 8.86. The lowest BCUT2D eigenvalue weighted by molar-refractivity contribution is 0.219. The molecule has 16 heavy (non-hydrogen) atoms. The maximum Gasteiger partial charge on any atom is 0.169 e. The molecule has 6 heteroatoms. The van der Waals surface area contributed by atoms with Crippen molar-refractivity contribution in [3.8, 4) is 0 Å². The maximum absolute atomic E-state index is 8.96. The smallest absolute Gasteiger partial charge is 0.169 e. The van der Waals surface area contributed by atoms with E-state index in [4.69, 9.17) is 5.11 Å². The van der Waals surface area contributed by atoms with Gasteiger partial charge in [0.2, 0.25) is 0 Å². The monoisotopic (exact) mass is 225 g/mol. The summed E-state index contributed by atoms with van der Waals surface area (Å²) in [5.74, 6) is 1.32. The first-order valence-electron chi connectivity index (χ1n) is 5.61. The Bertz CT molecular complexity index is 340. The highest BCUT2D eigenvalue weighted by molar-refractivity contribution is 4.98. The van der Waals surface area contributed by atoms with E-state index < -0.39 is 0 Å². The molecular weight excluding hydrogens is 206 g/mol. The van der Waals surface area contributed by atoms with Crippen LogP contribution in [0.3, 0.4) is 0 Å². The quantitative estimate of drug-likeness (QED) is 0.717.